The Hall–Kier alpha value is -1.72. The van der Waals surface area contributed by atoms with Gasteiger partial charge in [0.15, 0.2) is 0 Å². The maximum atomic E-state index is 13.0. The molecule has 0 radical (unpaired) electrons. The number of nitriles is 1. The predicted molar refractivity (Wildman–Crippen MR) is 104 cm³/mol. The minimum atomic E-state index is -3.95. The van der Waals surface area contributed by atoms with Crippen molar-refractivity contribution in [1.29, 1.82) is 5.26 Å². The van der Waals surface area contributed by atoms with Gasteiger partial charge in [-0.05, 0) is 20.8 Å². The molecule has 1 amide bonds. The van der Waals surface area contributed by atoms with Gasteiger partial charge in [-0.1, -0.05) is 33.0 Å². The summed E-state index contributed by atoms with van der Waals surface area (Å²) in [5.41, 5.74) is -1.37. The van der Waals surface area contributed by atoms with Gasteiger partial charge in [-0.3, -0.25) is 9.88 Å². The van der Waals surface area contributed by atoms with Crippen molar-refractivity contribution in [2.45, 2.75) is 52.6 Å². The standard InChI is InChI=1S/C17H25N2O6PS/c1-16(2,3)13-10(9-18)12(27)11(26(21,22-7)23-8)14(24-13)19-15(20)25-17(4,5)6/h1-8H3,(H,19,20). The normalized spacial score (nSPS) is 12.4. The average molecular weight is 416 g/mol. The van der Waals surface area contributed by atoms with Crippen molar-refractivity contribution < 1.29 is 27.6 Å². The van der Waals surface area contributed by atoms with E-state index >= 15 is 0 Å². The van der Waals surface area contributed by atoms with Crippen molar-refractivity contribution in [2.75, 3.05) is 19.5 Å². The first kappa shape index (κ1) is 23.3. The molecule has 0 spiro atoms. The lowest BCUT2D eigenvalue weighted by Gasteiger charge is -2.24. The van der Waals surface area contributed by atoms with Crippen LogP contribution in [0.5, 0.6) is 0 Å². The van der Waals surface area contributed by atoms with Crippen LogP contribution in [0.2, 0.25) is 0 Å². The fraction of sp³-hybridized carbons (Fsp3) is 0.588. The minimum absolute atomic E-state index is 0.0246. The van der Waals surface area contributed by atoms with Crippen molar-refractivity contribution in [2.24, 2.45) is 0 Å². The molecule has 1 heterocycles. The summed E-state index contributed by atoms with van der Waals surface area (Å²) in [6.07, 6.45) is -0.842. The van der Waals surface area contributed by atoms with Crippen LogP contribution < -0.4 is 10.6 Å². The second-order valence-electron chi connectivity index (χ2n) is 7.66. The predicted octanol–water partition coefficient (Wildman–Crippen LogP) is 4.64. The fourth-order valence-electron chi connectivity index (χ4n) is 2.14. The zero-order chi connectivity index (χ0) is 21.2. The molecule has 0 fully saturated rings. The van der Waals surface area contributed by atoms with Gasteiger partial charge in [0.05, 0.1) is 4.51 Å². The highest BCUT2D eigenvalue weighted by atomic mass is 32.1. The third kappa shape index (κ3) is 5.39. The van der Waals surface area contributed by atoms with Crippen LogP contribution in [0.1, 0.15) is 52.9 Å². The smallest absolute Gasteiger partial charge is 0.414 e. The molecule has 1 aromatic heterocycles. The van der Waals surface area contributed by atoms with Crippen molar-refractivity contribution in [3.05, 3.63) is 15.8 Å². The molecule has 0 bridgehead atoms. The first-order chi connectivity index (χ1) is 12.2. The highest BCUT2D eigenvalue weighted by Crippen LogP contribution is 2.49. The van der Waals surface area contributed by atoms with Gasteiger partial charge in [0, 0.05) is 19.6 Å². The van der Waals surface area contributed by atoms with Gasteiger partial charge in [-0.25, -0.2) is 4.79 Å². The van der Waals surface area contributed by atoms with Crippen LogP contribution in [-0.4, -0.2) is 25.9 Å². The van der Waals surface area contributed by atoms with E-state index < -0.39 is 24.7 Å². The number of nitrogens with one attached hydrogen (secondary N) is 1. The van der Waals surface area contributed by atoms with E-state index in [0.717, 1.165) is 0 Å². The summed E-state index contributed by atoms with van der Waals surface area (Å²) in [5, 5.41) is 11.8. The Balaban J connectivity index is 3.80. The molecule has 0 aromatic carbocycles. The molecule has 10 heteroatoms. The van der Waals surface area contributed by atoms with Gasteiger partial charge >= 0.3 is 13.7 Å². The van der Waals surface area contributed by atoms with Crippen LogP contribution in [0, 0.1) is 15.8 Å². The second-order valence-corrected chi connectivity index (χ2v) is 10.2. The van der Waals surface area contributed by atoms with Crippen molar-refractivity contribution in [1.82, 2.24) is 0 Å². The highest BCUT2D eigenvalue weighted by molar-refractivity contribution is 7.73. The maximum Gasteiger partial charge on any atom is 0.414 e. The maximum absolute atomic E-state index is 13.0. The number of anilines is 1. The van der Waals surface area contributed by atoms with E-state index in [-0.39, 0.29) is 27.0 Å². The molecule has 0 saturated carbocycles. The number of carbonyl (C=O) groups excluding carboxylic acids is 1. The van der Waals surface area contributed by atoms with Crippen molar-refractivity contribution >= 4 is 37.1 Å². The molecular formula is C17H25N2O6PS. The average Bonchev–Trinajstić information content (AvgIpc) is 2.51. The monoisotopic (exact) mass is 416 g/mol. The quantitative estimate of drug-likeness (QED) is 0.558. The number of amides is 1. The lowest BCUT2D eigenvalue weighted by Crippen LogP contribution is -2.30. The van der Waals surface area contributed by atoms with E-state index in [1.807, 2.05) is 26.8 Å². The molecule has 1 rings (SSSR count). The molecule has 0 saturated heterocycles. The van der Waals surface area contributed by atoms with Gasteiger partial charge < -0.3 is 18.2 Å². The van der Waals surface area contributed by atoms with Crippen LogP contribution in [-0.2, 0) is 23.8 Å². The number of ether oxygens (including phenoxy) is 1. The number of rotatable bonds is 4. The number of hydrogen-bond acceptors (Lipinski definition) is 8. The minimum Gasteiger partial charge on any atom is -0.444 e. The molecule has 8 nitrogen and oxygen atoms in total. The topological polar surface area (TPSA) is 111 Å². The van der Waals surface area contributed by atoms with Gasteiger partial charge in [-0.15, -0.1) is 0 Å². The van der Waals surface area contributed by atoms with Crippen LogP contribution in [0.3, 0.4) is 0 Å². The van der Waals surface area contributed by atoms with E-state index in [2.05, 4.69) is 5.32 Å². The first-order valence-corrected chi connectivity index (χ1v) is 9.99. The van der Waals surface area contributed by atoms with Gasteiger partial charge in [-0.2, -0.15) is 5.26 Å². The summed E-state index contributed by atoms with van der Waals surface area (Å²) in [6.45, 7) is 10.5. The Bertz CT molecular complexity index is 866. The van der Waals surface area contributed by atoms with Gasteiger partial charge in [0.1, 0.15) is 28.3 Å². The lowest BCUT2D eigenvalue weighted by atomic mass is 9.90. The van der Waals surface area contributed by atoms with Crippen LogP contribution in [0.25, 0.3) is 0 Å². The third-order valence-corrected chi connectivity index (χ3v) is 5.75. The molecule has 0 atom stereocenters. The molecule has 0 aliphatic rings. The summed E-state index contributed by atoms with van der Waals surface area (Å²) < 4.78 is 34.0. The van der Waals surface area contributed by atoms with E-state index in [1.165, 1.54) is 14.2 Å². The Kier molecular flexibility index (Phi) is 7.00. The first-order valence-electron chi connectivity index (χ1n) is 8.04. The Labute approximate surface area is 164 Å². The summed E-state index contributed by atoms with van der Waals surface area (Å²) in [5.74, 6) is -0.0197. The molecule has 0 aliphatic carbocycles. The van der Waals surface area contributed by atoms with Crippen LogP contribution >= 0.6 is 19.8 Å². The van der Waals surface area contributed by atoms with Crippen molar-refractivity contribution in [3.63, 3.8) is 0 Å². The van der Waals surface area contributed by atoms with Gasteiger partial charge in [0.2, 0.25) is 5.88 Å². The molecular weight excluding hydrogens is 391 g/mol. The Morgan fingerprint density at radius 2 is 1.70 bits per heavy atom. The summed E-state index contributed by atoms with van der Waals surface area (Å²) in [4.78, 5) is 12.2. The summed E-state index contributed by atoms with van der Waals surface area (Å²) in [6, 6.07) is 1.98. The van der Waals surface area contributed by atoms with E-state index in [9.17, 15) is 14.6 Å². The number of hydrogen-bond donors (Lipinski definition) is 1. The molecule has 1 aromatic rings. The molecule has 0 aliphatic heterocycles. The summed E-state index contributed by atoms with van der Waals surface area (Å²) in [7, 11) is -1.61. The van der Waals surface area contributed by atoms with Crippen LogP contribution in [0.15, 0.2) is 4.42 Å². The highest BCUT2D eigenvalue weighted by Gasteiger charge is 2.37. The zero-order valence-electron chi connectivity index (χ0n) is 16.8. The Morgan fingerprint density at radius 1 is 1.19 bits per heavy atom. The van der Waals surface area contributed by atoms with E-state index in [0.29, 0.717) is 0 Å². The number of nitrogens with zero attached hydrogens (tertiary/aromatic N) is 1. The van der Waals surface area contributed by atoms with E-state index in [1.54, 1.807) is 20.8 Å². The molecule has 1 N–H and O–H groups in total. The molecule has 150 valence electrons. The number of carbonyl (C=O) groups is 1. The largest absolute Gasteiger partial charge is 0.444 e. The third-order valence-electron chi connectivity index (χ3n) is 3.25. The Morgan fingerprint density at radius 3 is 2.07 bits per heavy atom. The lowest BCUT2D eigenvalue weighted by molar-refractivity contribution is 0.0632. The van der Waals surface area contributed by atoms with Crippen LogP contribution in [0.4, 0.5) is 10.7 Å². The molecule has 0 unspecified atom stereocenters. The fourth-order valence-corrected chi connectivity index (χ4v) is 3.93. The SMILES string of the molecule is COP(=O)(OC)c1c(NC(=O)OC(C)(C)C)oc(C(C)(C)C)c(C#N)c1=S. The second kappa shape index (κ2) is 8.11. The molecule has 27 heavy (non-hydrogen) atoms. The van der Waals surface area contributed by atoms with E-state index in [4.69, 9.17) is 30.4 Å². The summed E-state index contributed by atoms with van der Waals surface area (Å²) >= 11 is 5.37. The zero-order valence-corrected chi connectivity index (χ0v) is 18.5. The van der Waals surface area contributed by atoms with Gasteiger partial charge in [0.25, 0.3) is 0 Å². The van der Waals surface area contributed by atoms with Crippen molar-refractivity contribution in [3.8, 4) is 6.07 Å².